The molecule has 0 bridgehead atoms. The molecule has 0 aliphatic carbocycles. The number of para-hydroxylation sites is 2. The van der Waals surface area contributed by atoms with Crippen molar-refractivity contribution in [3.05, 3.63) is 36.4 Å². The van der Waals surface area contributed by atoms with Gasteiger partial charge in [0.1, 0.15) is 16.9 Å². The predicted octanol–water partition coefficient (Wildman–Crippen LogP) is 1.97. The molecule has 12 nitrogen and oxygen atoms in total. The zero-order valence-corrected chi connectivity index (χ0v) is 22.4. The summed E-state index contributed by atoms with van der Waals surface area (Å²) in [5.41, 5.74) is 13.3. The number of nitrogens with zero attached hydrogens (tertiary/aromatic N) is 7. The van der Waals surface area contributed by atoms with Gasteiger partial charge in [0, 0.05) is 39.4 Å². The number of hydrogen-bond acceptors (Lipinski definition) is 9. The van der Waals surface area contributed by atoms with E-state index in [-0.39, 0.29) is 30.3 Å². The van der Waals surface area contributed by atoms with Crippen LogP contribution in [0.2, 0.25) is 0 Å². The number of imidazole rings is 2. The van der Waals surface area contributed by atoms with E-state index >= 15 is 0 Å². The third-order valence-electron chi connectivity index (χ3n) is 8.45. The Bertz CT molecular complexity index is 1530. The molecule has 1 spiro atoms. The molecule has 0 radical (unpaired) electrons. The maximum absolute atomic E-state index is 13.0. The lowest BCUT2D eigenvalue weighted by Gasteiger charge is -2.51. The van der Waals surface area contributed by atoms with Crippen LogP contribution in [0.15, 0.2) is 30.6 Å². The van der Waals surface area contributed by atoms with Gasteiger partial charge in [-0.05, 0) is 38.3 Å². The van der Waals surface area contributed by atoms with Gasteiger partial charge < -0.3 is 35.3 Å². The number of likely N-dealkylation sites (tertiary alicyclic amines) is 1. The number of nitrogen functional groups attached to an aromatic ring is 2. The average Bonchev–Trinajstić information content (AvgIpc) is 3.47. The molecule has 2 atom stereocenters. The number of nitrogens with two attached hydrogens (primary N) is 2. The fraction of sp³-hybridized carbons (Fsp3) is 0.519. The molecule has 2 saturated heterocycles. The minimum Gasteiger partial charge on any atom is -0.386 e. The molecule has 2 fully saturated rings. The molecular formula is C27H35N9O3. The van der Waals surface area contributed by atoms with Gasteiger partial charge in [-0.3, -0.25) is 4.79 Å². The average molecular weight is 534 g/mol. The highest BCUT2D eigenvalue weighted by atomic mass is 16.5. The molecule has 2 aliphatic heterocycles. The highest BCUT2D eigenvalue weighted by Gasteiger charge is 2.50. The number of anilines is 2. The number of rotatable bonds is 5. The number of aryl methyl sites for hydroxylation is 2. The van der Waals surface area contributed by atoms with Crippen LogP contribution in [0, 0.1) is 0 Å². The Hall–Kier alpha value is -3.77. The second-order valence-electron chi connectivity index (χ2n) is 11.1. The first kappa shape index (κ1) is 25.5. The van der Waals surface area contributed by atoms with Gasteiger partial charge in [0.2, 0.25) is 11.9 Å². The highest BCUT2D eigenvalue weighted by molar-refractivity contribution is 5.82. The first-order valence-corrected chi connectivity index (χ1v) is 13.5. The van der Waals surface area contributed by atoms with Crippen molar-refractivity contribution in [1.29, 1.82) is 0 Å². The first-order chi connectivity index (χ1) is 18.7. The summed E-state index contributed by atoms with van der Waals surface area (Å²) in [6, 6.07) is 7.73. The molecule has 0 unspecified atom stereocenters. The van der Waals surface area contributed by atoms with E-state index in [1.807, 2.05) is 34.7 Å². The van der Waals surface area contributed by atoms with Crippen molar-refractivity contribution < 1.29 is 14.6 Å². The quantitative estimate of drug-likeness (QED) is 0.348. The Balaban J connectivity index is 1.09. The van der Waals surface area contributed by atoms with Crippen LogP contribution in [-0.4, -0.2) is 75.9 Å². The zero-order chi connectivity index (χ0) is 27.4. The van der Waals surface area contributed by atoms with Gasteiger partial charge in [-0.15, -0.1) is 0 Å². The standard InChI is InChI=1S/C27H35N9O3/c1-26(38)15-39-27(14-19(26)36-16-30-22-23(28)32-25(29)33-24(22)36)10-12-35(13-11-27)21(37)9-5-8-20-31-17-6-3-4-7-18(17)34(20)2/h3-4,6-7,16,19,38H,5,8-15H2,1-2H3,(H4,28,29,32,33)/t19-,26-/m0/s1. The number of aromatic nitrogens is 6. The molecule has 5 heterocycles. The summed E-state index contributed by atoms with van der Waals surface area (Å²) < 4.78 is 10.2. The van der Waals surface area contributed by atoms with Gasteiger partial charge in [0.05, 0.1) is 35.6 Å². The molecule has 1 aromatic carbocycles. The molecule has 2 aliphatic rings. The maximum Gasteiger partial charge on any atom is 0.224 e. The van der Waals surface area contributed by atoms with Crippen LogP contribution in [0.1, 0.15) is 50.9 Å². The molecule has 4 aromatic rings. The Labute approximate surface area is 226 Å². The van der Waals surface area contributed by atoms with E-state index in [9.17, 15) is 9.90 Å². The van der Waals surface area contributed by atoms with E-state index in [1.165, 1.54) is 0 Å². The number of carbonyl (C=O) groups is 1. The summed E-state index contributed by atoms with van der Waals surface area (Å²) in [7, 11) is 2.02. The van der Waals surface area contributed by atoms with Gasteiger partial charge in [0.15, 0.2) is 11.5 Å². The molecule has 1 amide bonds. The van der Waals surface area contributed by atoms with Crippen molar-refractivity contribution in [3.8, 4) is 0 Å². The largest absolute Gasteiger partial charge is 0.386 e. The van der Waals surface area contributed by atoms with Gasteiger partial charge >= 0.3 is 0 Å². The molecule has 5 N–H and O–H groups in total. The molecule has 6 rings (SSSR count). The lowest BCUT2D eigenvalue weighted by atomic mass is 9.77. The van der Waals surface area contributed by atoms with Gasteiger partial charge in [-0.1, -0.05) is 12.1 Å². The number of piperidine rings is 1. The summed E-state index contributed by atoms with van der Waals surface area (Å²) in [6.45, 7) is 3.16. The predicted molar refractivity (Wildman–Crippen MR) is 147 cm³/mol. The van der Waals surface area contributed by atoms with Crippen LogP contribution in [0.4, 0.5) is 11.8 Å². The molecular weight excluding hydrogens is 498 g/mol. The van der Waals surface area contributed by atoms with E-state index in [4.69, 9.17) is 21.2 Å². The lowest BCUT2D eigenvalue weighted by molar-refractivity contribution is -0.201. The summed E-state index contributed by atoms with van der Waals surface area (Å²) >= 11 is 0. The van der Waals surface area contributed by atoms with E-state index in [0.29, 0.717) is 49.9 Å². The molecule has 206 valence electrons. The number of aliphatic hydroxyl groups is 1. The topological polar surface area (TPSA) is 163 Å². The smallest absolute Gasteiger partial charge is 0.224 e. The lowest BCUT2D eigenvalue weighted by Crippen LogP contribution is -2.57. The van der Waals surface area contributed by atoms with E-state index < -0.39 is 11.2 Å². The summed E-state index contributed by atoms with van der Waals surface area (Å²) in [4.78, 5) is 32.4. The Morgan fingerprint density at radius 1 is 1.18 bits per heavy atom. The Kier molecular flexibility index (Phi) is 6.18. The fourth-order valence-corrected chi connectivity index (χ4v) is 6.10. The second kappa shape index (κ2) is 9.45. The third-order valence-corrected chi connectivity index (χ3v) is 8.45. The van der Waals surface area contributed by atoms with E-state index in [2.05, 4.69) is 25.6 Å². The van der Waals surface area contributed by atoms with Crippen LogP contribution in [0.3, 0.4) is 0 Å². The third kappa shape index (κ3) is 4.57. The molecule has 39 heavy (non-hydrogen) atoms. The molecule has 0 saturated carbocycles. The van der Waals surface area contributed by atoms with Crippen molar-refractivity contribution in [1.82, 2.24) is 34.0 Å². The summed E-state index contributed by atoms with van der Waals surface area (Å²) in [5.74, 6) is 1.43. The van der Waals surface area contributed by atoms with Crippen molar-refractivity contribution >= 4 is 39.9 Å². The number of ether oxygens (including phenoxy) is 1. The van der Waals surface area contributed by atoms with Crippen molar-refractivity contribution in [2.45, 2.75) is 62.7 Å². The van der Waals surface area contributed by atoms with Gasteiger partial charge in [-0.2, -0.15) is 9.97 Å². The normalized spacial score (nSPS) is 23.2. The highest BCUT2D eigenvalue weighted by Crippen LogP contribution is 2.44. The van der Waals surface area contributed by atoms with Crippen molar-refractivity contribution in [2.24, 2.45) is 7.05 Å². The number of amides is 1. The van der Waals surface area contributed by atoms with E-state index in [0.717, 1.165) is 29.7 Å². The molecule has 3 aromatic heterocycles. The minimum atomic E-state index is -1.14. The number of carbonyl (C=O) groups excluding carboxylic acids is 1. The van der Waals surface area contributed by atoms with Crippen molar-refractivity contribution in [2.75, 3.05) is 31.2 Å². The summed E-state index contributed by atoms with van der Waals surface area (Å²) in [6.07, 6.45) is 5.58. The van der Waals surface area contributed by atoms with Crippen LogP contribution in [0.25, 0.3) is 22.2 Å². The van der Waals surface area contributed by atoms with Crippen LogP contribution in [-0.2, 0) is 23.0 Å². The maximum atomic E-state index is 13.0. The summed E-state index contributed by atoms with van der Waals surface area (Å²) in [5, 5.41) is 11.3. The van der Waals surface area contributed by atoms with Crippen LogP contribution in [0.5, 0.6) is 0 Å². The van der Waals surface area contributed by atoms with Crippen LogP contribution >= 0.6 is 0 Å². The molecule has 12 heteroatoms. The van der Waals surface area contributed by atoms with Crippen molar-refractivity contribution in [3.63, 3.8) is 0 Å². The number of hydrogen-bond donors (Lipinski definition) is 3. The fourth-order valence-electron chi connectivity index (χ4n) is 6.10. The van der Waals surface area contributed by atoms with Crippen LogP contribution < -0.4 is 11.5 Å². The Morgan fingerprint density at radius 2 is 1.95 bits per heavy atom. The minimum absolute atomic E-state index is 0.0613. The number of fused-ring (bicyclic) bond motifs is 2. The SMILES string of the molecule is Cn1c(CCCC(=O)N2CCC3(CC2)C[C@H](n2cnc4c(N)nc(N)nc42)[C@@](C)(O)CO3)nc2ccccc21. The first-order valence-electron chi connectivity index (χ1n) is 13.5. The second-order valence-corrected chi connectivity index (χ2v) is 11.1. The zero-order valence-electron chi connectivity index (χ0n) is 22.4. The van der Waals surface area contributed by atoms with Gasteiger partial charge in [0.25, 0.3) is 0 Å². The monoisotopic (exact) mass is 533 g/mol. The van der Waals surface area contributed by atoms with Gasteiger partial charge in [-0.25, -0.2) is 9.97 Å². The van der Waals surface area contributed by atoms with E-state index in [1.54, 1.807) is 13.3 Å². The Morgan fingerprint density at radius 3 is 2.72 bits per heavy atom. The number of benzene rings is 1.